The summed E-state index contributed by atoms with van der Waals surface area (Å²) in [7, 11) is 1.54. The van der Waals surface area contributed by atoms with Gasteiger partial charge in [0.25, 0.3) is 0 Å². The van der Waals surface area contributed by atoms with Crippen molar-refractivity contribution in [2.24, 2.45) is 0 Å². The summed E-state index contributed by atoms with van der Waals surface area (Å²) in [6.07, 6.45) is 0.777. The van der Waals surface area contributed by atoms with Crippen molar-refractivity contribution in [3.8, 4) is 5.75 Å². The minimum absolute atomic E-state index is 0.588. The number of carbonyl (C=O) groups is 1. The van der Waals surface area contributed by atoms with Gasteiger partial charge >= 0.3 is 0 Å². The molecule has 0 aromatic heterocycles. The zero-order valence-electron chi connectivity index (χ0n) is 5.70. The molecule has 0 atom stereocenters. The normalized spacial score (nSPS) is 8.90. The van der Waals surface area contributed by atoms with Crippen LogP contribution in [0.25, 0.3) is 0 Å². The Morgan fingerprint density at radius 2 is 2.10 bits per heavy atom. The van der Waals surface area contributed by atoms with Crippen molar-refractivity contribution in [3.05, 3.63) is 29.8 Å². The van der Waals surface area contributed by atoms with E-state index in [9.17, 15) is 4.79 Å². The van der Waals surface area contributed by atoms with Gasteiger partial charge in [-0.05, 0) is 12.1 Å². The van der Waals surface area contributed by atoms with Crippen molar-refractivity contribution in [2.45, 2.75) is 0 Å². The van der Waals surface area contributed by atoms with Crippen molar-refractivity contribution < 1.29 is 9.53 Å². The summed E-state index contributed by atoms with van der Waals surface area (Å²) in [4.78, 5) is 10.3. The molecule has 0 aliphatic carbocycles. The fourth-order valence-corrected chi connectivity index (χ4v) is 0.764. The lowest BCUT2D eigenvalue weighted by atomic mass is 11.0. The van der Waals surface area contributed by atoms with E-state index in [1.807, 2.05) is 6.07 Å². The van der Waals surface area contributed by atoms with E-state index in [0.29, 0.717) is 11.3 Å². The van der Waals surface area contributed by atoms with E-state index in [0.717, 1.165) is 6.29 Å². The van der Waals surface area contributed by atoms with E-state index in [1.54, 1.807) is 25.3 Å². The summed E-state index contributed by atoms with van der Waals surface area (Å²) in [6.45, 7) is 0. The Labute approximate surface area is 59.4 Å². The second-order valence-corrected chi connectivity index (χ2v) is 1.86. The lowest BCUT2D eigenvalue weighted by Gasteiger charge is -1.99. The highest BCUT2D eigenvalue weighted by Gasteiger charge is 1.96. The molecule has 10 heavy (non-hydrogen) atoms. The standard InChI is InChI=1S/C8H8O2/c1-10-8-5-3-2-4-7(8)6-9/h2-6H,1H3/i2+1,3+1,4+1,5+1,7+1,8+1. The number of hydrogen-bond acceptors (Lipinski definition) is 2. The molecular weight excluding hydrogens is 134 g/mol. The number of ether oxygens (including phenoxy) is 1. The average molecular weight is 142 g/mol. The minimum atomic E-state index is 0.588. The Hall–Kier alpha value is -1.31. The number of aldehydes is 1. The van der Waals surface area contributed by atoms with E-state index in [-0.39, 0.29) is 0 Å². The van der Waals surface area contributed by atoms with Crippen molar-refractivity contribution in [1.82, 2.24) is 0 Å². The molecule has 52 valence electrons. The van der Waals surface area contributed by atoms with E-state index >= 15 is 0 Å². The summed E-state index contributed by atoms with van der Waals surface area (Å²) in [6, 6.07) is 7.09. The molecule has 2 nitrogen and oxygen atoms in total. The van der Waals surface area contributed by atoms with Crippen LogP contribution < -0.4 is 4.74 Å². The van der Waals surface area contributed by atoms with Gasteiger partial charge in [0, 0.05) is 0 Å². The fourth-order valence-electron chi connectivity index (χ4n) is 0.764. The largest absolute Gasteiger partial charge is 0.496 e. The molecule has 0 aliphatic rings. The molecule has 0 aliphatic heterocycles. The number of para-hydroxylation sites is 1. The minimum Gasteiger partial charge on any atom is -0.496 e. The van der Waals surface area contributed by atoms with E-state index in [4.69, 9.17) is 4.74 Å². The van der Waals surface area contributed by atoms with Gasteiger partial charge in [-0.3, -0.25) is 4.79 Å². The van der Waals surface area contributed by atoms with Crippen LogP contribution in [-0.2, 0) is 0 Å². The van der Waals surface area contributed by atoms with Gasteiger partial charge in [-0.1, -0.05) is 12.1 Å². The molecule has 0 spiro atoms. The monoisotopic (exact) mass is 142 g/mol. The number of carbonyl (C=O) groups excluding carboxylic acids is 1. The molecule has 0 amide bonds. The van der Waals surface area contributed by atoms with Crippen LogP contribution in [0, 0.1) is 0 Å². The van der Waals surface area contributed by atoms with Gasteiger partial charge in [0.2, 0.25) is 0 Å². The number of rotatable bonds is 2. The van der Waals surface area contributed by atoms with Gasteiger partial charge in [-0.15, -0.1) is 0 Å². The predicted octanol–water partition coefficient (Wildman–Crippen LogP) is 1.51. The zero-order chi connectivity index (χ0) is 7.40. The molecule has 1 aromatic carbocycles. The molecule has 2 heteroatoms. The van der Waals surface area contributed by atoms with E-state index in [2.05, 4.69) is 0 Å². The number of methoxy groups -OCH3 is 1. The van der Waals surface area contributed by atoms with Crippen LogP contribution in [0.1, 0.15) is 10.4 Å². The zero-order valence-corrected chi connectivity index (χ0v) is 5.70. The Balaban J connectivity index is 3.08. The topological polar surface area (TPSA) is 26.3 Å². The molecule has 0 N–H and O–H groups in total. The van der Waals surface area contributed by atoms with Gasteiger partial charge in [-0.2, -0.15) is 0 Å². The van der Waals surface area contributed by atoms with Crippen LogP contribution in [0.2, 0.25) is 0 Å². The number of hydrogen-bond donors (Lipinski definition) is 0. The van der Waals surface area contributed by atoms with E-state index in [1.165, 1.54) is 0 Å². The lowest BCUT2D eigenvalue weighted by Crippen LogP contribution is -1.88. The second-order valence-electron chi connectivity index (χ2n) is 1.86. The first-order valence-corrected chi connectivity index (χ1v) is 2.96. The Bertz CT molecular complexity index is 230. The first kappa shape index (κ1) is 6.81. The molecule has 1 rings (SSSR count). The van der Waals surface area contributed by atoms with Gasteiger partial charge in [-0.25, -0.2) is 0 Å². The summed E-state index contributed by atoms with van der Waals surface area (Å²) < 4.78 is 4.90. The Morgan fingerprint density at radius 1 is 1.40 bits per heavy atom. The summed E-state index contributed by atoms with van der Waals surface area (Å²) in [5.74, 6) is 0.623. The average Bonchev–Trinajstić information content (AvgIpc) is 2.04. The Morgan fingerprint density at radius 3 is 2.60 bits per heavy atom. The molecule has 1 aromatic rings. The van der Waals surface area contributed by atoms with Crippen LogP contribution in [0.15, 0.2) is 24.3 Å². The van der Waals surface area contributed by atoms with Crippen LogP contribution in [0.3, 0.4) is 0 Å². The molecule has 0 unspecified atom stereocenters. The third-order valence-electron chi connectivity index (χ3n) is 1.27. The summed E-state index contributed by atoms with van der Waals surface area (Å²) in [5, 5.41) is 0. The van der Waals surface area contributed by atoms with Crippen LogP contribution >= 0.6 is 0 Å². The molecule has 0 radical (unpaired) electrons. The van der Waals surface area contributed by atoms with Crippen LogP contribution in [0.5, 0.6) is 5.75 Å². The number of benzene rings is 1. The van der Waals surface area contributed by atoms with Crippen molar-refractivity contribution in [3.63, 3.8) is 0 Å². The maximum absolute atomic E-state index is 10.3. The SMILES string of the molecule is CO[13c]1[13cH][13cH][13cH][13cH][13c]1C=O. The molecule has 0 bridgehead atoms. The predicted molar refractivity (Wildman–Crippen MR) is 38.4 cm³/mol. The molecule has 0 saturated heterocycles. The maximum atomic E-state index is 10.3. The molecular formula is C8H8O2. The van der Waals surface area contributed by atoms with Crippen molar-refractivity contribution >= 4 is 6.29 Å². The maximum Gasteiger partial charge on any atom is 0.153 e. The highest BCUT2D eigenvalue weighted by atomic mass is 16.5. The first-order valence-electron chi connectivity index (χ1n) is 2.96. The van der Waals surface area contributed by atoms with Gasteiger partial charge in [0.15, 0.2) is 6.29 Å². The third kappa shape index (κ3) is 1.16. The van der Waals surface area contributed by atoms with E-state index < -0.39 is 0 Å². The first-order chi connectivity index (χ1) is 4.88. The van der Waals surface area contributed by atoms with Crippen molar-refractivity contribution in [2.75, 3.05) is 7.11 Å². The van der Waals surface area contributed by atoms with Gasteiger partial charge < -0.3 is 4.74 Å². The fraction of sp³-hybridized carbons (Fsp3) is 0.125. The highest BCUT2D eigenvalue weighted by molar-refractivity contribution is 5.79. The molecule has 0 heterocycles. The van der Waals surface area contributed by atoms with Crippen LogP contribution in [0.4, 0.5) is 0 Å². The lowest BCUT2D eigenvalue weighted by molar-refractivity contribution is 0.112. The molecule has 0 saturated carbocycles. The van der Waals surface area contributed by atoms with Crippen molar-refractivity contribution in [1.29, 1.82) is 0 Å². The van der Waals surface area contributed by atoms with Gasteiger partial charge in [0.1, 0.15) is 5.75 Å². The molecule has 0 fully saturated rings. The quantitative estimate of drug-likeness (QED) is 0.585. The summed E-state index contributed by atoms with van der Waals surface area (Å²) in [5.41, 5.74) is 0.588. The Kier molecular flexibility index (Phi) is 2.05. The smallest absolute Gasteiger partial charge is 0.153 e. The second kappa shape index (κ2) is 3.01. The van der Waals surface area contributed by atoms with Crippen LogP contribution in [-0.4, -0.2) is 13.4 Å². The third-order valence-corrected chi connectivity index (χ3v) is 1.27. The van der Waals surface area contributed by atoms with Gasteiger partial charge in [0.05, 0.1) is 12.7 Å². The summed E-state index contributed by atoms with van der Waals surface area (Å²) >= 11 is 0. The highest BCUT2D eigenvalue weighted by Crippen LogP contribution is 2.13.